The van der Waals surface area contributed by atoms with Crippen molar-refractivity contribution < 1.29 is 4.79 Å². The molecule has 92 valence electrons. The zero-order chi connectivity index (χ0) is 11.5. The summed E-state index contributed by atoms with van der Waals surface area (Å²) in [6.45, 7) is 3.62. The summed E-state index contributed by atoms with van der Waals surface area (Å²) in [5, 5.41) is 3.23. The van der Waals surface area contributed by atoms with E-state index >= 15 is 0 Å². The van der Waals surface area contributed by atoms with Crippen molar-refractivity contribution in [3.63, 3.8) is 0 Å². The minimum absolute atomic E-state index is 0. The van der Waals surface area contributed by atoms with Gasteiger partial charge in [0.15, 0.2) is 0 Å². The summed E-state index contributed by atoms with van der Waals surface area (Å²) < 4.78 is 0. The molecule has 17 heavy (non-hydrogen) atoms. The van der Waals surface area contributed by atoms with Crippen LogP contribution in [0, 0.1) is 6.92 Å². The van der Waals surface area contributed by atoms with Crippen LogP contribution in [0.25, 0.3) is 5.57 Å². The molecule has 0 bridgehead atoms. The van der Waals surface area contributed by atoms with Crippen molar-refractivity contribution in [1.82, 2.24) is 10.3 Å². The fourth-order valence-corrected chi connectivity index (χ4v) is 1.87. The van der Waals surface area contributed by atoms with E-state index in [9.17, 15) is 4.79 Å². The molecule has 1 aliphatic rings. The smallest absolute Gasteiger partial charge is 0.267 e. The Morgan fingerprint density at radius 2 is 2.24 bits per heavy atom. The lowest BCUT2D eigenvalue weighted by Gasteiger charge is -2.16. The van der Waals surface area contributed by atoms with Crippen LogP contribution in [0.2, 0.25) is 0 Å². The minimum Gasteiger partial charge on any atom is -0.364 e. The first-order chi connectivity index (χ1) is 7.68. The molecule has 5 heteroatoms. The van der Waals surface area contributed by atoms with Gasteiger partial charge in [-0.15, -0.1) is 12.4 Å². The highest BCUT2D eigenvalue weighted by Crippen LogP contribution is 2.22. The second-order valence-electron chi connectivity index (χ2n) is 3.90. The summed E-state index contributed by atoms with van der Waals surface area (Å²) >= 11 is 0. The fraction of sp³-hybridized carbons (Fsp3) is 0.333. The molecule has 2 heterocycles. The number of carbonyl (C=O) groups is 1. The second kappa shape index (κ2) is 5.80. The number of rotatable bonds is 2. The number of amides is 1. The predicted octanol–water partition coefficient (Wildman–Crippen LogP) is 1.29. The van der Waals surface area contributed by atoms with Gasteiger partial charge in [-0.1, -0.05) is 12.1 Å². The van der Waals surface area contributed by atoms with Crippen molar-refractivity contribution in [2.75, 3.05) is 13.1 Å². The molecule has 3 N–H and O–H groups in total. The molecule has 1 amide bonds. The van der Waals surface area contributed by atoms with E-state index in [0.29, 0.717) is 5.69 Å². The van der Waals surface area contributed by atoms with Gasteiger partial charge in [0.1, 0.15) is 5.69 Å². The Labute approximate surface area is 107 Å². The van der Waals surface area contributed by atoms with Gasteiger partial charge in [0.2, 0.25) is 0 Å². The highest BCUT2D eigenvalue weighted by molar-refractivity contribution is 5.96. The monoisotopic (exact) mass is 253 g/mol. The standard InChI is InChI=1S/C12H15N3O.ClH/c1-8-2-3-10(11(15-8)12(13)16)9-4-6-14-7-5-9;/h2-4,14H,5-7H2,1H3,(H2,13,16);1H. The number of pyridine rings is 1. The number of nitrogens with one attached hydrogen (secondary N) is 1. The van der Waals surface area contributed by atoms with E-state index in [1.807, 2.05) is 19.1 Å². The van der Waals surface area contributed by atoms with Crippen LogP contribution in [-0.2, 0) is 0 Å². The molecule has 1 aromatic heterocycles. The van der Waals surface area contributed by atoms with Crippen molar-refractivity contribution in [2.24, 2.45) is 5.73 Å². The van der Waals surface area contributed by atoms with Crippen LogP contribution in [0.5, 0.6) is 0 Å². The normalized spacial score (nSPS) is 14.8. The van der Waals surface area contributed by atoms with E-state index in [2.05, 4.69) is 16.4 Å². The topological polar surface area (TPSA) is 68.0 Å². The number of carbonyl (C=O) groups excluding carboxylic acids is 1. The van der Waals surface area contributed by atoms with Crippen LogP contribution in [-0.4, -0.2) is 24.0 Å². The van der Waals surface area contributed by atoms with Gasteiger partial charge < -0.3 is 11.1 Å². The van der Waals surface area contributed by atoms with E-state index in [1.165, 1.54) is 0 Å². The van der Waals surface area contributed by atoms with Crippen LogP contribution >= 0.6 is 12.4 Å². The first-order valence-electron chi connectivity index (χ1n) is 5.36. The molecule has 0 aliphatic carbocycles. The van der Waals surface area contributed by atoms with Crippen molar-refractivity contribution in [3.05, 3.63) is 35.2 Å². The zero-order valence-electron chi connectivity index (χ0n) is 9.69. The maximum Gasteiger partial charge on any atom is 0.267 e. The number of primary amides is 1. The third-order valence-corrected chi connectivity index (χ3v) is 2.68. The van der Waals surface area contributed by atoms with E-state index in [-0.39, 0.29) is 12.4 Å². The lowest BCUT2D eigenvalue weighted by Crippen LogP contribution is -2.22. The van der Waals surface area contributed by atoms with Crippen LogP contribution in [0.4, 0.5) is 0 Å². The Balaban J connectivity index is 0.00000144. The summed E-state index contributed by atoms with van der Waals surface area (Å²) in [6, 6.07) is 3.84. The maximum absolute atomic E-state index is 11.3. The Kier molecular flexibility index (Phi) is 4.66. The minimum atomic E-state index is -0.460. The second-order valence-corrected chi connectivity index (χ2v) is 3.90. The number of hydrogen-bond donors (Lipinski definition) is 2. The van der Waals surface area contributed by atoms with Crippen LogP contribution in [0.1, 0.15) is 28.2 Å². The summed E-state index contributed by atoms with van der Waals surface area (Å²) in [6.07, 6.45) is 2.99. The zero-order valence-corrected chi connectivity index (χ0v) is 10.5. The van der Waals surface area contributed by atoms with Crippen LogP contribution in [0.15, 0.2) is 18.2 Å². The Bertz CT molecular complexity index is 457. The summed E-state index contributed by atoms with van der Waals surface area (Å²) in [5.41, 5.74) is 8.57. The molecule has 0 radical (unpaired) electrons. The maximum atomic E-state index is 11.3. The molecule has 0 spiro atoms. The third-order valence-electron chi connectivity index (χ3n) is 2.68. The molecule has 0 saturated carbocycles. The average molecular weight is 254 g/mol. The van der Waals surface area contributed by atoms with Crippen LogP contribution < -0.4 is 11.1 Å². The molecule has 0 aromatic carbocycles. The lowest BCUT2D eigenvalue weighted by molar-refractivity contribution is 0.0995. The molecule has 0 fully saturated rings. The van der Waals surface area contributed by atoms with Crippen molar-refractivity contribution in [3.8, 4) is 0 Å². The van der Waals surface area contributed by atoms with Gasteiger partial charge in [-0.05, 0) is 31.5 Å². The number of halogens is 1. The molecular weight excluding hydrogens is 238 g/mol. The summed E-state index contributed by atoms with van der Waals surface area (Å²) in [7, 11) is 0. The fourth-order valence-electron chi connectivity index (χ4n) is 1.87. The Hall–Kier alpha value is -1.39. The first kappa shape index (κ1) is 13.7. The molecule has 0 saturated heterocycles. The summed E-state index contributed by atoms with van der Waals surface area (Å²) in [4.78, 5) is 15.5. The quantitative estimate of drug-likeness (QED) is 0.835. The van der Waals surface area contributed by atoms with Gasteiger partial charge in [-0.2, -0.15) is 0 Å². The van der Waals surface area contributed by atoms with Crippen molar-refractivity contribution in [1.29, 1.82) is 0 Å². The van der Waals surface area contributed by atoms with Crippen molar-refractivity contribution in [2.45, 2.75) is 13.3 Å². The predicted molar refractivity (Wildman–Crippen MR) is 70.2 cm³/mol. The van der Waals surface area contributed by atoms with E-state index in [0.717, 1.165) is 36.3 Å². The molecule has 1 aliphatic heterocycles. The summed E-state index contributed by atoms with van der Waals surface area (Å²) in [5.74, 6) is -0.460. The van der Waals surface area contributed by atoms with Gasteiger partial charge >= 0.3 is 0 Å². The number of aromatic nitrogens is 1. The van der Waals surface area contributed by atoms with Gasteiger partial charge in [0, 0.05) is 17.8 Å². The highest BCUT2D eigenvalue weighted by atomic mass is 35.5. The van der Waals surface area contributed by atoms with Crippen molar-refractivity contribution >= 4 is 23.9 Å². The molecule has 1 aromatic rings. The third kappa shape index (κ3) is 3.05. The number of hydrogen-bond acceptors (Lipinski definition) is 3. The van der Waals surface area contributed by atoms with Crippen LogP contribution in [0.3, 0.4) is 0 Å². The largest absolute Gasteiger partial charge is 0.364 e. The Morgan fingerprint density at radius 3 is 2.82 bits per heavy atom. The Morgan fingerprint density at radius 1 is 1.47 bits per heavy atom. The highest BCUT2D eigenvalue weighted by Gasteiger charge is 2.15. The number of nitrogens with zero attached hydrogens (tertiary/aromatic N) is 1. The SMILES string of the molecule is Cc1ccc(C2=CCNCC2)c(C(N)=O)n1.Cl. The molecule has 0 atom stereocenters. The van der Waals surface area contributed by atoms with E-state index < -0.39 is 5.91 Å². The van der Waals surface area contributed by atoms with Gasteiger partial charge in [-0.25, -0.2) is 4.98 Å². The average Bonchev–Trinajstić information content (AvgIpc) is 2.30. The van der Waals surface area contributed by atoms with E-state index in [1.54, 1.807) is 0 Å². The van der Waals surface area contributed by atoms with Gasteiger partial charge in [0.25, 0.3) is 5.91 Å². The molecule has 2 rings (SSSR count). The first-order valence-corrected chi connectivity index (χ1v) is 5.36. The lowest BCUT2D eigenvalue weighted by atomic mass is 9.98. The molecule has 4 nitrogen and oxygen atoms in total. The number of aryl methyl sites for hydroxylation is 1. The van der Waals surface area contributed by atoms with Gasteiger partial charge in [0.05, 0.1) is 0 Å². The number of nitrogens with two attached hydrogens (primary N) is 1. The van der Waals surface area contributed by atoms with E-state index in [4.69, 9.17) is 5.73 Å². The molecular formula is C12H16ClN3O. The van der Waals surface area contributed by atoms with Gasteiger partial charge in [-0.3, -0.25) is 4.79 Å². The molecule has 0 unspecified atom stereocenters.